The van der Waals surface area contributed by atoms with Crippen LogP contribution in [0.25, 0.3) is 11.3 Å². The van der Waals surface area contributed by atoms with E-state index in [2.05, 4.69) is 25.4 Å². The number of carbonyl (C=O) groups is 2. The number of nitro groups is 1. The first-order valence-electron chi connectivity index (χ1n) is 21.4. The molecule has 65 heavy (non-hydrogen) atoms. The van der Waals surface area contributed by atoms with Crippen molar-refractivity contribution in [2.75, 3.05) is 69.6 Å². The fraction of sp³-hybridized carbons (Fsp3) is 0.340. The number of nitrogens with one attached hydrogen (secondary N) is 2. The molecular weight excluding hydrogens is 846 g/mol. The van der Waals surface area contributed by atoms with E-state index in [4.69, 9.17) is 4.74 Å². The van der Waals surface area contributed by atoms with Gasteiger partial charge in [0.15, 0.2) is 6.23 Å². The molecule has 18 heteroatoms. The predicted molar refractivity (Wildman–Crippen MR) is 238 cm³/mol. The van der Waals surface area contributed by atoms with Crippen molar-refractivity contribution in [1.82, 2.24) is 25.0 Å². The van der Waals surface area contributed by atoms with Gasteiger partial charge in [-0.25, -0.2) is 4.90 Å². The van der Waals surface area contributed by atoms with Crippen molar-refractivity contribution in [2.24, 2.45) is 0 Å². The molecule has 4 aromatic carbocycles. The maximum Gasteiger partial charge on any atom is 0.416 e. The van der Waals surface area contributed by atoms with Crippen molar-refractivity contribution in [3.63, 3.8) is 0 Å². The molecule has 0 saturated carbocycles. The van der Waals surface area contributed by atoms with Crippen LogP contribution >= 0.6 is 0 Å². The van der Waals surface area contributed by atoms with Crippen molar-refractivity contribution in [2.45, 2.75) is 44.6 Å². The number of hydrogen-bond donors (Lipinski definition) is 4. The lowest BCUT2D eigenvalue weighted by Gasteiger charge is -2.37. The third-order valence-electron chi connectivity index (χ3n) is 11.6. The number of aliphatic hydroxyl groups is 2. The van der Waals surface area contributed by atoms with Gasteiger partial charge in [0.2, 0.25) is 0 Å². The fourth-order valence-electron chi connectivity index (χ4n) is 7.82. The highest BCUT2D eigenvalue weighted by atomic mass is 19.4. The second kappa shape index (κ2) is 20.9. The summed E-state index contributed by atoms with van der Waals surface area (Å²) in [5.74, 6) is -0.416. The molecule has 2 aliphatic rings. The van der Waals surface area contributed by atoms with Gasteiger partial charge in [-0.2, -0.15) is 13.2 Å². The zero-order valence-electron chi connectivity index (χ0n) is 35.8. The topological polar surface area (TPSA) is 177 Å². The van der Waals surface area contributed by atoms with Crippen LogP contribution < -0.4 is 20.3 Å². The molecule has 4 N–H and O–H groups in total. The largest absolute Gasteiger partial charge is 0.451 e. The minimum Gasteiger partial charge on any atom is -0.451 e. The van der Waals surface area contributed by atoms with E-state index in [1.165, 1.54) is 48.7 Å². The van der Waals surface area contributed by atoms with E-state index in [0.29, 0.717) is 78.7 Å². The van der Waals surface area contributed by atoms with Gasteiger partial charge in [-0.1, -0.05) is 24.3 Å². The highest BCUT2D eigenvalue weighted by molar-refractivity contribution is 5.96. The molecule has 5 aromatic rings. The number of piperidine rings is 1. The van der Waals surface area contributed by atoms with Crippen molar-refractivity contribution in [1.29, 1.82) is 0 Å². The first-order valence-corrected chi connectivity index (χ1v) is 21.4. The second-order valence-electron chi connectivity index (χ2n) is 16.1. The number of halogens is 3. The molecular formula is C47H51F3N8O7. The van der Waals surface area contributed by atoms with E-state index in [1.54, 1.807) is 47.2 Å². The Morgan fingerprint density at radius 3 is 2.34 bits per heavy atom. The summed E-state index contributed by atoms with van der Waals surface area (Å²) in [5.41, 5.74) is 3.02. The Hall–Kier alpha value is -6.60. The number of nitrogens with zero attached hydrogens (tertiary/aromatic N) is 6. The number of pyridine rings is 1. The normalized spacial score (nSPS) is 15.8. The molecule has 1 aromatic heterocycles. The Labute approximate surface area is 374 Å². The Balaban J connectivity index is 0.979. The summed E-state index contributed by atoms with van der Waals surface area (Å²) in [5, 5.41) is 39.0. The standard InChI is InChI=1S/C47H51F3N8O7/c1-54(21-22-55-23-25-57(26-24-55)46(62)65-39-14-11-37(12-15-39)58(63)64)45(61)35-9-6-8-33(28-35)44(60)53-41-16-13-38(56-19-3-2-4-20-56)30-40(41)42-29-34(17-18-51-42)43(59)52-31-32-7-5-10-36(27-32)47(48,49)50/h5-18,27-30,44,46,53,60,62H,2-4,19-26,31H2,1H3,(H,52,59). The molecule has 2 fully saturated rings. The maximum absolute atomic E-state index is 13.6. The number of piperazine rings is 1. The summed E-state index contributed by atoms with van der Waals surface area (Å²) in [6.07, 6.45) is -2.25. The van der Waals surface area contributed by atoms with Gasteiger partial charge in [-0.05, 0) is 91.6 Å². The van der Waals surface area contributed by atoms with E-state index in [0.717, 1.165) is 50.2 Å². The van der Waals surface area contributed by atoms with Crippen LogP contribution in [-0.4, -0.2) is 112 Å². The summed E-state index contributed by atoms with van der Waals surface area (Å²) < 4.78 is 45.4. The number of benzene rings is 4. The summed E-state index contributed by atoms with van der Waals surface area (Å²) in [7, 11) is 1.71. The quantitative estimate of drug-likeness (QED) is 0.0467. The number of anilines is 2. The van der Waals surface area contributed by atoms with Gasteiger partial charge >= 0.3 is 6.18 Å². The third-order valence-corrected chi connectivity index (χ3v) is 11.6. The predicted octanol–water partition coefficient (Wildman–Crippen LogP) is 6.74. The number of hydrogen-bond acceptors (Lipinski definition) is 12. The number of ether oxygens (including phenoxy) is 1. The van der Waals surface area contributed by atoms with Crippen molar-refractivity contribution >= 4 is 28.9 Å². The SMILES string of the molecule is CN(CCN1CCN(C(O)Oc2ccc([N+](=O)[O-])cc2)CC1)C(=O)c1cccc(C(O)Nc2ccc(N3CCCCC3)cc2-c2cc(C(=O)NCc3cccc(C(F)(F)F)c3)ccn2)c1. The number of rotatable bonds is 16. The van der Waals surface area contributed by atoms with Gasteiger partial charge in [0.1, 0.15) is 5.75 Å². The number of aliphatic hydroxyl groups excluding tert-OH is 2. The monoisotopic (exact) mass is 896 g/mol. The molecule has 2 saturated heterocycles. The van der Waals surface area contributed by atoms with Gasteiger partial charge in [0.05, 0.1) is 16.2 Å². The van der Waals surface area contributed by atoms with Crippen LogP contribution in [0.5, 0.6) is 5.75 Å². The average Bonchev–Trinajstić information content (AvgIpc) is 3.32. The number of amides is 2. The summed E-state index contributed by atoms with van der Waals surface area (Å²) in [4.78, 5) is 49.8. The molecule has 2 atom stereocenters. The number of likely N-dealkylation sites (N-methyl/N-ethyl adjacent to an activating group) is 1. The van der Waals surface area contributed by atoms with Gasteiger partial charge < -0.3 is 35.4 Å². The smallest absolute Gasteiger partial charge is 0.416 e. The number of carbonyl (C=O) groups excluding carboxylic acids is 2. The molecule has 0 bridgehead atoms. The first kappa shape index (κ1) is 46.4. The Morgan fingerprint density at radius 1 is 0.877 bits per heavy atom. The molecule has 0 radical (unpaired) electrons. The number of alkyl halides is 3. The third kappa shape index (κ3) is 12.2. The number of non-ortho nitro benzene ring substituents is 1. The van der Waals surface area contributed by atoms with Gasteiger partial charge in [-0.15, -0.1) is 0 Å². The Bertz CT molecular complexity index is 2440. The first-order chi connectivity index (χ1) is 31.2. The highest BCUT2D eigenvalue weighted by Crippen LogP contribution is 2.35. The molecule has 2 unspecified atom stereocenters. The number of nitro benzene ring substituents is 1. The lowest BCUT2D eigenvalue weighted by atomic mass is 10.0. The summed E-state index contributed by atoms with van der Waals surface area (Å²) in [6.45, 7) is 4.89. The molecule has 3 heterocycles. The zero-order chi connectivity index (χ0) is 46.1. The minimum absolute atomic E-state index is 0.0731. The van der Waals surface area contributed by atoms with Gasteiger partial charge in [0, 0.05) is 118 Å². The van der Waals surface area contributed by atoms with Crippen molar-refractivity contribution < 1.29 is 42.6 Å². The van der Waals surface area contributed by atoms with Gasteiger partial charge in [-0.3, -0.25) is 29.6 Å². The summed E-state index contributed by atoms with van der Waals surface area (Å²) >= 11 is 0. The minimum atomic E-state index is -4.51. The molecule has 2 aliphatic heterocycles. The lowest BCUT2D eigenvalue weighted by Crippen LogP contribution is -2.53. The van der Waals surface area contributed by atoms with E-state index >= 15 is 0 Å². The van der Waals surface area contributed by atoms with Crippen molar-refractivity contribution in [3.8, 4) is 17.0 Å². The van der Waals surface area contributed by atoms with Crippen LogP contribution in [0, 0.1) is 10.1 Å². The number of aromatic nitrogens is 1. The molecule has 342 valence electrons. The molecule has 2 amide bonds. The van der Waals surface area contributed by atoms with Crippen molar-refractivity contribution in [3.05, 3.63) is 147 Å². The van der Waals surface area contributed by atoms with Crippen LogP contribution in [0.1, 0.15) is 62.9 Å². The van der Waals surface area contributed by atoms with E-state index in [9.17, 15) is 43.1 Å². The summed E-state index contributed by atoms with van der Waals surface area (Å²) in [6, 6.07) is 25.9. The fourth-order valence-corrected chi connectivity index (χ4v) is 7.82. The molecule has 7 rings (SSSR count). The van der Waals surface area contributed by atoms with Crippen LogP contribution in [0.4, 0.5) is 30.2 Å². The van der Waals surface area contributed by atoms with Crippen LogP contribution in [0.3, 0.4) is 0 Å². The average molecular weight is 897 g/mol. The lowest BCUT2D eigenvalue weighted by molar-refractivity contribution is -0.384. The second-order valence-corrected chi connectivity index (χ2v) is 16.1. The molecule has 0 aliphatic carbocycles. The van der Waals surface area contributed by atoms with Crippen LogP contribution in [0.2, 0.25) is 0 Å². The Kier molecular flexibility index (Phi) is 14.9. The molecule has 15 nitrogen and oxygen atoms in total. The van der Waals surface area contributed by atoms with Gasteiger partial charge in [0.25, 0.3) is 23.9 Å². The van der Waals surface area contributed by atoms with E-state index < -0.39 is 35.2 Å². The van der Waals surface area contributed by atoms with Crippen LogP contribution in [-0.2, 0) is 12.7 Å². The Morgan fingerprint density at radius 2 is 1.62 bits per heavy atom. The van der Waals surface area contributed by atoms with Crippen LogP contribution in [0.15, 0.2) is 109 Å². The van der Waals surface area contributed by atoms with E-state index in [-0.39, 0.29) is 23.7 Å². The van der Waals surface area contributed by atoms with E-state index in [1.807, 2.05) is 18.2 Å². The molecule has 0 spiro atoms. The maximum atomic E-state index is 13.6. The highest BCUT2D eigenvalue weighted by Gasteiger charge is 2.30. The zero-order valence-corrected chi connectivity index (χ0v) is 35.8.